The van der Waals surface area contributed by atoms with E-state index in [-0.39, 0.29) is 10.8 Å². The van der Waals surface area contributed by atoms with E-state index in [2.05, 4.69) is 41.5 Å². The second-order valence-corrected chi connectivity index (χ2v) is 6.97. The van der Waals surface area contributed by atoms with Gasteiger partial charge in [0.2, 0.25) is 0 Å². The highest BCUT2D eigenvalue weighted by Gasteiger charge is 2.18. The summed E-state index contributed by atoms with van der Waals surface area (Å²) < 4.78 is 4.76. The van der Waals surface area contributed by atoms with Crippen molar-refractivity contribution in [2.75, 3.05) is 0 Å². The molecule has 17 heavy (non-hydrogen) atoms. The summed E-state index contributed by atoms with van der Waals surface area (Å²) >= 11 is 0. The highest BCUT2D eigenvalue weighted by molar-refractivity contribution is 5.85. The average Bonchev–Trinajstić information content (AvgIpc) is 2.09. The molecule has 0 saturated heterocycles. The number of hydrogen-bond donors (Lipinski definition) is 0. The Hall–Kier alpha value is -0.860. The lowest BCUT2D eigenvalue weighted by atomic mass is 9.90. The van der Waals surface area contributed by atoms with E-state index in [0.717, 1.165) is 12.8 Å². The van der Waals surface area contributed by atoms with Gasteiger partial charge in [-0.3, -0.25) is 9.59 Å². The van der Waals surface area contributed by atoms with Gasteiger partial charge in [-0.2, -0.15) is 0 Å². The standard InChI is InChI=1S/C14H26O3/c1-13(2,3)9-7-11(15)17-12(16)8-10-14(4,5)6/h7-10H2,1-6H3. The summed E-state index contributed by atoms with van der Waals surface area (Å²) in [4.78, 5) is 22.8. The minimum atomic E-state index is -0.404. The third-order valence-electron chi connectivity index (χ3n) is 2.39. The molecule has 0 aromatic heterocycles. The molecule has 0 bridgehead atoms. The van der Waals surface area contributed by atoms with Crippen molar-refractivity contribution in [2.45, 2.75) is 67.2 Å². The van der Waals surface area contributed by atoms with E-state index in [1.54, 1.807) is 0 Å². The van der Waals surface area contributed by atoms with Crippen LogP contribution in [0.5, 0.6) is 0 Å². The maximum absolute atomic E-state index is 11.4. The average molecular weight is 242 g/mol. The lowest BCUT2D eigenvalue weighted by Gasteiger charge is -2.18. The molecule has 0 aromatic rings. The van der Waals surface area contributed by atoms with Crippen LogP contribution in [-0.2, 0) is 14.3 Å². The van der Waals surface area contributed by atoms with E-state index in [9.17, 15) is 9.59 Å². The Bertz CT molecular complexity index is 238. The van der Waals surface area contributed by atoms with Gasteiger partial charge in [0, 0.05) is 12.8 Å². The summed E-state index contributed by atoms with van der Waals surface area (Å²) in [5.41, 5.74) is 0.182. The fourth-order valence-electron chi connectivity index (χ4n) is 1.18. The molecule has 100 valence electrons. The maximum Gasteiger partial charge on any atom is 0.313 e. The van der Waals surface area contributed by atoms with Gasteiger partial charge in [-0.15, -0.1) is 0 Å². The number of hydrogen-bond acceptors (Lipinski definition) is 3. The summed E-state index contributed by atoms with van der Waals surface area (Å²) in [6, 6.07) is 0. The zero-order chi connectivity index (χ0) is 13.7. The number of rotatable bonds is 4. The van der Waals surface area contributed by atoms with Gasteiger partial charge in [-0.25, -0.2) is 0 Å². The molecule has 0 aromatic carbocycles. The van der Waals surface area contributed by atoms with Crippen LogP contribution in [0.15, 0.2) is 0 Å². The first kappa shape index (κ1) is 16.1. The van der Waals surface area contributed by atoms with Crippen molar-refractivity contribution in [2.24, 2.45) is 10.8 Å². The summed E-state index contributed by atoms with van der Waals surface area (Å²) in [7, 11) is 0. The molecule has 3 heteroatoms. The fourth-order valence-corrected chi connectivity index (χ4v) is 1.18. The Labute approximate surface area is 105 Å². The summed E-state index contributed by atoms with van der Waals surface area (Å²) in [5.74, 6) is -0.808. The Morgan fingerprint density at radius 3 is 1.29 bits per heavy atom. The molecule has 0 heterocycles. The van der Waals surface area contributed by atoms with Gasteiger partial charge in [-0.05, 0) is 23.7 Å². The van der Waals surface area contributed by atoms with Gasteiger partial charge < -0.3 is 4.74 Å². The Morgan fingerprint density at radius 1 is 0.765 bits per heavy atom. The van der Waals surface area contributed by atoms with Crippen molar-refractivity contribution in [3.8, 4) is 0 Å². The molecule has 0 unspecified atom stereocenters. The minimum Gasteiger partial charge on any atom is -0.393 e. The quantitative estimate of drug-likeness (QED) is 0.557. The van der Waals surface area contributed by atoms with Crippen LogP contribution in [-0.4, -0.2) is 11.9 Å². The van der Waals surface area contributed by atoms with E-state index in [0.29, 0.717) is 12.8 Å². The first-order valence-corrected chi connectivity index (χ1v) is 6.23. The van der Waals surface area contributed by atoms with Crippen LogP contribution in [0.2, 0.25) is 0 Å². The SMILES string of the molecule is CC(C)(C)CCC(=O)OC(=O)CCC(C)(C)C. The molecule has 0 N–H and O–H groups in total. The number of carbonyl (C=O) groups excluding carboxylic acids is 2. The van der Waals surface area contributed by atoms with E-state index < -0.39 is 11.9 Å². The highest BCUT2D eigenvalue weighted by Crippen LogP contribution is 2.22. The van der Waals surface area contributed by atoms with E-state index in [1.807, 2.05) is 0 Å². The maximum atomic E-state index is 11.4. The largest absolute Gasteiger partial charge is 0.393 e. The molecule has 0 saturated carbocycles. The summed E-state index contributed by atoms with van der Waals surface area (Å²) in [6.07, 6.45) is 2.09. The topological polar surface area (TPSA) is 43.4 Å². The zero-order valence-corrected chi connectivity index (χ0v) is 12.1. The van der Waals surface area contributed by atoms with Crippen molar-refractivity contribution in [1.82, 2.24) is 0 Å². The number of carbonyl (C=O) groups is 2. The molecule has 0 spiro atoms. The van der Waals surface area contributed by atoms with Crippen LogP contribution in [0.25, 0.3) is 0 Å². The zero-order valence-electron chi connectivity index (χ0n) is 12.1. The van der Waals surface area contributed by atoms with Crippen molar-refractivity contribution in [3.63, 3.8) is 0 Å². The fraction of sp³-hybridized carbons (Fsp3) is 0.857. The van der Waals surface area contributed by atoms with Crippen LogP contribution >= 0.6 is 0 Å². The molecule has 0 amide bonds. The number of esters is 2. The van der Waals surface area contributed by atoms with Crippen molar-refractivity contribution < 1.29 is 14.3 Å². The molecule has 0 aliphatic rings. The predicted molar refractivity (Wildman–Crippen MR) is 68.5 cm³/mol. The third-order valence-corrected chi connectivity index (χ3v) is 2.39. The van der Waals surface area contributed by atoms with Crippen molar-refractivity contribution in [3.05, 3.63) is 0 Å². The van der Waals surface area contributed by atoms with Gasteiger partial charge in [-0.1, -0.05) is 41.5 Å². The Balaban J connectivity index is 3.86. The van der Waals surface area contributed by atoms with Crippen molar-refractivity contribution in [1.29, 1.82) is 0 Å². The van der Waals surface area contributed by atoms with Crippen LogP contribution in [0.4, 0.5) is 0 Å². The Kier molecular flexibility index (Phi) is 5.86. The molecule has 0 aliphatic carbocycles. The first-order chi connectivity index (χ1) is 7.49. The van der Waals surface area contributed by atoms with Gasteiger partial charge >= 0.3 is 11.9 Å². The minimum absolute atomic E-state index is 0.0908. The van der Waals surface area contributed by atoms with Gasteiger partial charge in [0.1, 0.15) is 0 Å². The lowest BCUT2D eigenvalue weighted by molar-refractivity contribution is -0.160. The highest BCUT2D eigenvalue weighted by atomic mass is 16.6. The smallest absolute Gasteiger partial charge is 0.313 e. The molecule has 0 atom stereocenters. The lowest BCUT2D eigenvalue weighted by Crippen LogP contribution is -2.17. The van der Waals surface area contributed by atoms with E-state index in [4.69, 9.17) is 4.74 Å². The predicted octanol–water partition coefficient (Wildman–Crippen LogP) is 3.71. The monoisotopic (exact) mass is 242 g/mol. The van der Waals surface area contributed by atoms with Crippen LogP contribution < -0.4 is 0 Å². The second kappa shape index (κ2) is 6.18. The van der Waals surface area contributed by atoms with E-state index >= 15 is 0 Å². The van der Waals surface area contributed by atoms with Crippen molar-refractivity contribution >= 4 is 11.9 Å². The van der Waals surface area contributed by atoms with E-state index in [1.165, 1.54) is 0 Å². The molecular formula is C14H26O3. The Morgan fingerprint density at radius 2 is 1.06 bits per heavy atom. The molecule has 0 radical (unpaired) electrons. The van der Waals surface area contributed by atoms with Crippen LogP contribution in [0, 0.1) is 10.8 Å². The molecular weight excluding hydrogens is 216 g/mol. The molecule has 0 fully saturated rings. The normalized spacial score (nSPS) is 12.4. The second-order valence-electron chi connectivity index (χ2n) is 6.97. The van der Waals surface area contributed by atoms with Crippen LogP contribution in [0.1, 0.15) is 67.2 Å². The third kappa shape index (κ3) is 11.4. The number of ether oxygens (including phenoxy) is 1. The van der Waals surface area contributed by atoms with Gasteiger partial charge in [0.25, 0.3) is 0 Å². The molecule has 0 rings (SSSR count). The van der Waals surface area contributed by atoms with Gasteiger partial charge in [0.05, 0.1) is 0 Å². The van der Waals surface area contributed by atoms with Crippen LogP contribution in [0.3, 0.4) is 0 Å². The summed E-state index contributed by atoms with van der Waals surface area (Å²) in [6.45, 7) is 12.3. The summed E-state index contributed by atoms with van der Waals surface area (Å²) in [5, 5.41) is 0. The molecule has 3 nitrogen and oxygen atoms in total. The molecule has 0 aliphatic heterocycles. The van der Waals surface area contributed by atoms with Gasteiger partial charge in [0.15, 0.2) is 0 Å². The first-order valence-electron chi connectivity index (χ1n) is 6.23.